The van der Waals surface area contributed by atoms with Crippen molar-refractivity contribution in [3.63, 3.8) is 0 Å². The van der Waals surface area contributed by atoms with E-state index in [2.05, 4.69) is 4.99 Å². The summed E-state index contributed by atoms with van der Waals surface area (Å²) in [7, 11) is 1.56. The summed E-state index contributed by atoms with van der Waals surface area (Å²) < 4.78 is 10.3. The van der Waals surface area contributed by atoms with Crippen molar-refractivity contribution >= 4 is 17.8 Å². The molecule has 1 amide bonds. The Morgan fingerprint density at radius 3 is 2.48 bits per heavy atom. The van der Waals surface area contributed by atoms with Gasteiger partial charge in [-0.15, -0.1) is 0 Å². The number of aliphatic imine (C=N–C) groups is 1. The van der Waals surface area contributed by atoms with E-state index in [1.54, 1.807) is 18.9 Å². The Hall–Kier alpha value is -1.85. The van der Waals surface area contributed by atoms with Gasteiger partial charge >= 0.3 is 12.1 Å². The third-order valence-electron chi connectivity index (χ3n) is 2.86. The topological polar surface area (TPSA) is 68.2 Å². The molecule has 0 bridgehead atoms. The molecule has 1 aliphatic rings. The second-order valence-corrected chi connectivity index (χ2v) is 5.70. The molecule has 0 saturated carbocycles. The van der Waals surface area contributed by atoms with Crippen LogP contribution in [0.15, 0.2) is 16.6 Å². The second-order valence-electron chi connectivity index (χ2n) is 5.70. The van der Waals surface area contributed by atoms with Crippen molar-refractivity contribution in [2.24, 2.45) is 4.99 Å². The van der Waals surface area contributed by atoms with Crippen LogP contribution in [0.2, 0.25) is 0 Å². The van der Waals surface area contributed by atoms with Gasteiger partial charge in [0.2, 0.25) is 0 Å². The van der Waals surface area contributed by atoms with Gasteiger partial charge in [0.1, 0.15) is 11.3 Å². The Balaban J connectivity index is 2.69. The summed E-state index contributed by atoms with van der Waals surface area (Å²) in [6.07, 6.45) is 2.04. The van der Waals surface area contributed by atoms with Crippen molar-refractivity contribution in [2.45, 2.75) is 39.7 Å². The quantitative estimate of drug-likeness (QED) is 0.591. The maximum atomic E-state index is 11.9. The Morgan fingerprint density at radius 2 is 2.05 bits per heavy atom. The van der Waals surface area contributed by atoms with E-state index in [0.717, 1.165) is 5.57 Å². The zero-order chi connectivity index (χ0) is 16.0. The predicted octanol–water partition coefficient (Wildman–Crippen LogP) is 2.19. The smallest absolute Gasteiger partial charge is 0.410 e. The average molecular weight is 296 g/mol. The molecule has 1 heterocycles. The number of hydrogen-bond acceptors (Lipinski definition) is 5. The molecule has 6 heteroatoms. The summed E-state index contributed by atoms with van der Waals surface area (Å²) in [5.74, 6) is -0.419. The molecule has 0 atom stereocenters. The average Bonchev–Trinajstić information content (AvgIpc) is 2.38. The van der Waals surface area contributed by atoms with Crippen molar-refractivity contribution in [1.82, 2.24) is 4.90 Å². The molecule has 0 unspecified atom stereocenters. The molecule has 0 aliphatic carbocycles. The van der Waals surface area contributed by atoms with Gasteiger partial charge in [-0.05, 0) is 39.7 Å². The van der Waals surface area contributed by atoms with E-state index >= 15 is 0 Å². The summed E-state index contributed by atoms with van der Waals surface area (Å²) in [5.41, 5.74) is 0.638. The van der Waals surface area contributed by atoms with Crippen LogP contribution in [0.4, 0.5) is 4.79 Å². The highest BCUT2D eigenvalue weighted by molar-refractivity contribution is 6.43. The van der Waals surface area contributed by atoms with E-state index < -0.39 is 11.6 Å². The summed E-state index contributed by atoms with van der Waals surface area (Å²) >= 11 is 0. The van der Waals surface area contributed by atoms with Crippen LogP contribution in [0.25, 0.3) is 0 Å². The number of rotatable bonds is 3. The highest BCUT2D eigenvalue weighted by atomic mass is 16.6. The van der Waals surface area contributed by atoms with Crippen molar-refractivity contribution in [1.29, 1.82) is 0 Å². The van der Waals surface area contributed by atoms with Gasteiger partial charge in [-0.25, -0.2) is 9.59 Å². The Labute approximate surface area is 125 Å². The van der Waals surface area contributed by atoms with Crippen molar-refractivity contribution in [3.05, 3.63) is 11.6 Å². The van der Waals surface area contributed by atoms with E-state index in [0.29, 0.717) is 31.8 Å². The number of nitrogens with zero attached hydrogens (tertiary/aromatic N) is 2. The molecule has 0 radical (unpaired) electrons. The fourth-order valence-electron chi connectivity index (χ4n) is 1.94. The number of carbonyl (C=O) groups is 2. The first-order valence-electron chi connectivity index (χ1n) is 7.09. The zero-order valence-corrected chi connectivity index (χ0v) is 13.4. The minimum absolute atomic E-state index is 0.315. The SMILES string of the molecule is CCOC(=O)/C(=N/C)C1=CCN(C(=O)OC(C)(C)C)CC1. The molecule has 21 heavy (non-hydrogen) atoms. The van der Waals surface area contributed by atoms with Crippen LogP contribution in [0.5, 0.6) is 0 Å². The Morgan fingerprint density at radius 1 is 1.38 bits per heavy atom. The first kappa shape index (κ1) is 17.2. The highest BCUT2D eigenvalue weighted by Crippen LogP contribution is 2.17. The second kappa shape index (κ2) is 7.24. The number of carbonyl (C=O) groups excluding carboxylic acids is 2. The molecule has 1 aliphatic heterocycles. The largest absolute Gasteiger partial charge is 0.461 e. The van der Waals surface area contributed by atoms with E-state index in [4.69, 9.17) is 9.47 Å². The van der Waals surface area contributed by atoms with Crippen LogP contribution in [-0.2, 0) is 14.3 Å². The lowest BCUT2D eigenvalue weighted by Gasteiger charge is -2.29. The van der Waals surface area contributed by atoms with Gasteiger partial charge in [0, 0.05) is 20.1 Å². The van der Waals surface area contributed by atoms with Crippen LogP contribution in [0, 0.1) is 0 Å². The molecule has 0 fully saturated rings. The van der Waals surface area contributed by atoms with Crippen LogP contribution < -0.4 is 0 Å². The van der Waals surface area contributed by atoms with E-state index in [-0.39, 0.29) is 6.09 Å². The lowest BCUT2D eigenvalue weighted by Crippen LogP contribution is -2.40. The minimum Gasteiger partial charge on any atom is -0.461 e. The van der Waals surface area contributed by atoms with Crippen molar-refractivity contribution < 1.29 is 19.1 Å². The number of hydrogen-bond donors (Lipinski definition) is 0. The van der Waals surface area contributed by atoms with Crippen LogP contribution >= 0.6 is 0 Å². The van der Waals surface area contributed by atoms with Crippen LogP contribution in [-0.4, -0.2) is 55.0 Å². The molecule has 0 N–H and O–H groups in total. The van der Waals surface area contributed by atoms with Crippen LogP contribution in [0.1, 0.15) is 34.1 Å². The fourth-order valence-corrected chi connectivity index (χ4v) is 1.94. The van der Waals surface area contributed by atoms with Gasteiger partial charge in [-0.3, -0.25) is 4.99 Å². The van der Waals surface area contributed by atoms with Crippen LogP contribution in [0.3, 0.4) is 0 Å². The first-order chi connectivity index (χ1) is 9.78. The molecule has 0 spiro atoms. The van der Waals surface area contributed by atoms with Gasteiger partial charge in [-0.1, -0.05) is 6.08 Å². The summed E-state index contributed by atoms with van der Waals surface area (Å²) in [6, 6.07) is 0. The zero-order valence-electron chi connectivity index (χ0n) is 13.4. The molecule has 0 aromatic heterocycles. The highest BCUT2D eigenvalue weighted by Gasteiger charge is 2.26. The van der Waals surface area contributed by atoms with Gasteiger partial charge in [0.25, 0.3) is 0 Å². The molecule has 0 saturated heterocycles. The lowest BCUT2D eigenvalue weighted by molar-refractivity contribution is -0.135. The summed E-state index contributed by atoms with van der Waals surface area (Å²) in [6.45, 7) is 8.47. The number of ether oxygens (including phenoxy) is 2. The van der Waals surface area contributed by atoms with E-state index in [1.807, 2.05) is 26.8 Å². The van der Waals surface area contributed by atoms with Crippen molar-refractivity contribution in [2.75, 3.05) is 26.7 Å². The number of esters is 1. The Bertz CT molecular complexity index is 461. The van der Waals surface area contributed by atoms with E-state index in [1.165, 1.54) is 0 Å². The summed E-state index contributed by atoms with van der Waals surface area (Å²) in [4.78, 5) is 29.3. The molecular formula is C15H24N2O4. The molecule has 1 rings (SSSR count). The van der Waals surface area contributed by atoms with Crippen molar-refractivity contribution in [3.8, 4) is 0 Å². The number of amides is 1. The Kier molecular flexibility index (Phi) is 5.93. The third kappa shape index (κ3) is 5.21. The predicted molar refractivity (Wildman–Crippen MR) is 80.5 cm³/mol. The maximum Gasteiger partial charge on any atom is 0.410 e. The standard InChI is InChI=1S/C15H24N2O4/c1-6-20-13(18)12(16-5)11-7-9-17(10-8-11)14(19)21-15(2,3)4/h7H,6,8-10H2,1-5H3/b16-12+. The van der Waals surface area contributed by atoms with Gasteiger partial charge in [0.15, 0.2) is 0 Å². The molecule has 0 aromatic carbocycles. The van der Waals surface area contributed by atoms with E-state index in [9.17, 15) is 9.59 Å². The van der Waals surface area contributed by atoms with Gasteiger partial charge in [-0.2, -0.15) is 0 Å². The molecular weight excluding hydrogens is 272 g/mol. The summed E-state index contributed by atoms with van der Waals surface area (Å²) in [5, 5.41) is 0. The first-order valence-corrected chi connectivity index (χ1v) is 7.09. The van der Waals surface area contributed by atoms with Gasteiger partial charge < -0.3 is 14.4 Å². The molecule has 6 nitrogen and oxygen atoms in total. The van der Waals surface area contributed by atoms with Gasteiger partial charge in [0.05, 0.1) is 6.61 Å². The third-order valence-corrected chi connectivity index (χ3v) is 2.86. The molecule has 0 aromatic rings. The minimum atomic E-state index is -0.512. The maximum absolute atomic E-state index is 11.9. The lowest BCUT2D eigenvalue weighted by atomic mass is 10.0. The monoisotopic (exact) mass is 296 g/mol. The molecule has 118 valence electrons. The normalized spacial score (nSPS) is 16.3. The fraction of sp³-hybridized carbons (Fsp3) is 0.667.